The first kappa shape index (κ1) is 15.3. The van der Waals surface area contributed by atoms with E-state index in [-0.39, 0.29) is 12.4 Å². The first-order chi connectivity index (χ1) is 9.74. The summed E-state index contributed by atoms with van der Waals surface area (Å²) in [5.41, 5.74) is 0. The van der Waals surface area contributed by atoms with Gasteiger partial charge in [0.2, 0.25) is 0 Å². The first-order valence-electron chi connectivity index (χ1n) is 7.54. The number of aliphatic hydroxyl groups excluding tert-OH is 1. The van der Waals surface area contributed by atoms with Gasteiger partial charge in [-0.2, -0.15) is 0 Å². The second-order valence-corrected chi connectivity index (χ2v) is 5.52. The summed E-state index contributed by atoms with van der Waals surface area (Å²) >= 11 is 0. The highest BCUT2D eigenvalue weighted by Gasteiger charge is 2.13. The van der Waals surface area contributed by atoms with E-state index in [0.717, 1.165) is 0 Å². The summed E-state index contributed by atoms with van der Waals surface area (Å²) in [5.74, 6) is 0.299. The van der Waals surface area contributed by atoms with Crippen LogP contribution < -0.4 is 10.1 Å². The molecule has 2 N–H and O–H groups in total. The Kier molecular flexibility index (Phi) is 6.27. The SMILES string of the molecule is O[C@H](CNC1CCCCCC1)COc1ccc(F)cc1. The number of halogens is 1. The van der Waals surface area contributed by atoms with Gasteiger partial charge in [0, 0.05) is 12.6 Å². The molecule has 1 aliphatic rings. The number of hydrogen-bond donors (Lipinski definition) is 2. The number of rotatable bonds is 6. The quantitative estimate of drug-likeness (QED) is 0.788. The summed E-state index contributed by atoms with van der Waals surface area (Å²) in [6, 6.07) is 6.37. The molecule has 20 heavy (non-hydrogen) atoms. The van der Waals surface area contributed by atoms with Crippen LogP contribution in [0.1, 0.15) is 38.5 Å². The lowest BCUT2D eigenvalue weighted by atomic mass is 10.1. The Labute approximate surface area is 120 Å². The van der Waals surface area contributed by atoms with E-state index in [9.17, 15) is 9.50 Å². The lowest BCUT2D eigenvalue weighted by molar-refractivity contribution is 0.103. The Morgan fingerprint density at radius 2 is 1.80 bits per heavy atom. The molecule has 1 aromatic rings. The summed E-state index contributed by atoms with van der Waals surface area (Å²) in [7, 11) is 0. The van der Waals surface area contributed by atoms with E-state index in [1.54, 1.807) is 12.1 Å². The zero-order chi connectivity index (χ0) is 14.2. The summed E-state index contributed by atoms with van der Waals surface area (Å²) in [5, 5.41) is 13.3. The van der Waals surface area contributed by atoms with Crippen molar-refractivity contribution in [3.8, 4) is 5.75 Å². The molecule has 1 saturated carbocycles. The first-order valence-corrected chi connectivity index (χ1v) is 7.54. The summed E-state index contributed by atoms with van der Waals surface area (Å²) in [4.78, 5) is 0. The minimum Gasteiger partial charge on any atom is -0.491 e. The summed E-state index contributed by atoms with van der Waals surface area (Å²) < 4.78 is 18.2. The summed E-state index contributed by atoms with van der Waals surface area (Å²) in [6.07, 6.45) is 7.07. The Morgan fingerprint density at radius 1 is 1.15 bits per heavy atom. The van der Waals surface area contributed by atoms with Gasteiger partial charge in [-0.15, -0.1) is 0 Å². The highest BCUT2D eigenvalue weighted by Crippen LogP contribution is 2.17. The maximum Gasteiger partial charge on any atom is 0.123 e. The van der Waals surface area contributed by atoms with Crippen molar-refractivity contribution in [3.63, 3.8) is 0 Å². The van der Waals surface area contributed by atoms with Gasteiger partial charge in [0.25, 0.3) is 0 Å². The normalized spacial score (nSPS) is 18.5. The maximum atomic E-state index is 12.7. The van der Waals surface area contributed by atoms with Gasteiger partial charge in [-0.3, -0.25) is 0 Å². The van der Waals surface area contributed by atoms with Crippen molar-refractivity contribution in [1.82, 2.24) is 5.32 Å². The van der Waals surface area contributed by atoms with E-state index in [1.165, 1.54) is 50.7 Å². The minimum absolute atomic E-state index is 0.228. The van der Waals surface area contributed by atoms with Crippen molar-refractivity contribution in [1.29, 1.82) is 0 Å². The standard InChI is InChI=1S/C16H24FNO2/c17-13-7-9-16(10-8-13)20-12-15(19)11-18-14-5-3-1-2-4-6-14/h7-10,14-15,18-19H,1-6,11-12H2/t15-/m1/s1. The Bertz CT molecular complexity index is 375. The van der Waals surface area contributed by atoms with Gasteiger partial charge >= 0.3 is 0 Å². The smallest absolute Gasteiger partial charge is 0.123 e. The molecular formula is C16H24FNO2. The second-order valence-electron chi connectivity index (χ2n) is 5.52. The number of aliphatic hydroxyl groups is 1. The fourth-order valence-corrected chi connectivity index (χ4v) is 2.57. The number of nitrogens with one attached hydrogen (secondary N) is 1. The largest absolute Gasteiger partial charge is 0.491 e. The topological polar surface area (TPSA) is 41.5 Å². The second kappa shape index (κ2) is 8.22. The van der Waals surface area contributed by atoms with E-state index in [2.05, 4.69) is 5.32 Å². The van der Waals surface area contributed by atoms with E-state index >= 15 is 0 Å². The molecular weight excluding hydrogens is 257 g/mol. The van der Waals surface area contributed by atoms with Crippen molar-refractivity contribution in [2.24, 2.45) is 0 Å². The molecule has 1 aromatic carbocycles. The predicted molar refractivity (Wildman–Crippen MR) is 77.4 cm³/mol. The molecule has 1 aliphatic carbocycles. The van der Waals surface area contributed by atoms with Crippen molar-refractivity contribution in [3.05, 3.63) is 30.1 Å². The Morgan fingerprint density at radius 3 is 2.45 bits per heavy atom. The third kappa shape index (κ3) is 5.47. The molecule has 0 aromatic heterocycles. The maximum absolute atomic E-state index is 12.7. The molecule has 0 bridgehead atoms. The predicted octanol–water partition coefficient (Wildman–Crippen LogP) is 2.88. The van der Waals surface area contributed by atoms with Crippen LogP contribution >= 0.6 is 0 Å². The van der Waals surface area contributed by atoms with Gasteiger partial charge in [0.15, 0.2) is 0 Å². The molecule has 3 nitrogen and oxygen atoms in total. The van der Waals surface area contributed by atoms with Crippen LogP contribution in [-0.2, 0) is 0 Å². The lowest BCUT2D eigenvalue weighted by Crippen LogP contribution is -2.37. The molecule has 0 spiro atoms. The fraction of sp³-hybridized carbons (Fsp3) is 0.625. The molecule has 2 rings (SSSR count). The van der Waals surface area contributed by atoms with Crippen LogP contribution in [0.3, 0.4) is 0 Å². The monoisotopic (exact) mass is 281 g/mol. The average molecular weight is 281 g/mol. The fourth-order valence-electron chi connectivity index (χ4n) is 2.57. The molecule has 1 atom stereocenters. The van der Waals surface area contributed by atoms with Gasteiger partial charge < -0.3 is 15.2 Å². The molecule has 1 fully saturated rings. The molecule has 0 aliphatic heterocycles. The van der Waals surface area contributed by atoms with E-state index in [0.29, 0.717) is 18.3 Å². The highest BCUT2D eigenvalue weighted by atomic mass is 19.1. The van der Waals surface area contributed by atoms with Crippen molar-refractivity contribution >= 4 is 0 Å². The summed E-state index contributed by atoms with van der Waals surface area (Å²) in [6.45, 7) is 0.775. The molecule has 4 heteroatoms. The third-order valence-corrected chi connectivity index (χ3v) is 3.75. The van der Waals surface area contributed by atoms with Crippen LogP contribution in [0.2, 0.25) is 0 Å². The van der Waals surface area contributed by atoms with Crippen molar-refractivity contribution in [2.45, 2.75) is 50.7 Å². The van der Waals surface area contributed by atoms with Gasteiger partial charge in [-0.25, -0.2) is 4.39 Å². The Hall–Kier alpha value is -1.13. The number of ether oxygens (including phenoxy) is 1. The van der Waals surface area contributed by atoms with Gasteiger partial charge in [-0.05, 0) is 37.1 Å². The van der Waals surface area contributed by atoms with Crippen molar-refractivity contribution in [2.75, 3.05) is 13.2 Å². The molecule has 112 valence electrons. The van der Waals surface area contributed by atoms with Gasteiger partial charge in [-0.1, -0.05) is 25.7 Å². The number of benzene rings is 1. The number of hydrogen-bond acceptors (Lipinski definition) is 3. The zero-order valence-corrected chi connectivity index (χ0v) is 11.9. The van der Waals surface area contributed by atoms with E-state index < -0.39 is 6.10 Å². The van der Waals surface area contributed by atoms with Crippen molar-refractivity contribution < 1.29 is 14.2 Å². The van der Waals surface area contributed by atoms with Crippen LogP contribution in [0.15, 0.2) is 24.3 Å². The Balaban J connectivity index is 1.64. The van der Waals surface area contributed by atoms with Crippen LogP contribution in [-0.4, -0.2) is 30.4 Å². The molecule has 0 unspecified atom stereocenters. The molecule has 0 heterocycles. The minimum atomic E-state index is -0.539. The lowest BCUT2D eigenvalue weighted by Gasteiger charge is -2.19. The van der Waals surface area contributed by atoms with Crippen LogP contribution in [0.4, 0.5) is 4.39 Å². The average Bonchev–Trinajstić information content (AvgIpc) is 2.73. The van der Waals surface area contributed by atoms with Crippen LogP contribution in [0.5, 0.6) is 5.75 Å². The van der Waals surface area contributed by atoms with Gasteiger partial charge in [0.05, 0.1) is 0 Å². The molecule has 0 radical (unpaired) electrons. The van der Waals surface area contributed by atoms with E-state index in [4.69, 9.17) is 4.74 Å². The molecule has 0 saturated heterocycles. The highest BCUT2D eigenvalue weighted by molar-refractivity contribution is 5.22. The van der Waals surface area contributed by atoms with Gasteiger partial charge in [0.1, 0.15) is 24.3 Å². The molecule has 0 amide bonds. The zero-order valence-electron chi connectivity index (χ0n) is 11.9. The van der Waals surface area contributed by atoms with Crippen LogP contribution in [0, 0.1) is 5.82 Å². The van der Waals surface area contributed by atoms with Crippen LogP contribution in [0.25, 0.3) is 0 Å². The third-order valence-electron chi connectivity index (χ3n) is 3.75. The van der Waals surface area contributed by atoms with E-state index in [1.807, 2.05) is 0 Å².